The molecule has 0 heterocycles. The standard InChI is InChI=1S/C20H18OSi/c21-19(16-10-4-1-5-11-16)20(22,17-12-6-2-7-13-17)18-14-8-3-9-15-18/h1-15H,22H3. The fourth-order valence-electron chi connectivity index (χ4n) is 2.85. The topological polar surface area (TPSA) is 17.1 Å². The largest absolute Gasteiger partial charge is 0.293 e. The van der Waals surface area contributed by atoms with Gasteiger partial charge in [-0.1, -0.05) is 91.0 Å². The molecule has 0 aliphatic carbocycles. The second-order valence-electron chi connectivity index (χ2n) is 5.55. The van der Waals surface area contributed by atoms with Crippen molar-refractivity contribution in [1.82, 2.24) is 0 Å². The number of ketones is 1. The predicted molar refractivity (Wildman–Crippen MR) is 94.4 cm³/mol. The first-order valence-electron chi connectivity index (χ1n) is 7.44. The lowest BCUT2D eigenvalue weighted by molar-refractivity contribution is 0.0955. The third-order valence-electron chi connectivity index (χ3n) is 4.19. The molecule has 0 amide bonds. The van der Waals surface area contributed by atoms with E-state index in [1.165, 1.54) is 0 Å². The minimum Gasteiger partial charge on any atom is -0.293 e. The summed E-state index contributed by atoms with van der Waals surface area (Å²) in [6, 6.07) is 29.8. The monoisotopic (exact) mass is 302 g/mol. The SMILES string of the molecule is O=C(c1ccccc1)C([SiH3])(c1ccccc1)c1ccccc1. The molecule has 0 saturated carbocycles. The van der Waals surface area contributed by atoms with Crippen LogP contribution < -0.4 is 0 Å². The van der Waals surface area contributed by atoms with Crippen LogP contribution in [0, 0.1) is 0 Å². The number of carbonyl (C=O) groups is 1. The fraction of sp³-hybridized carbons (Fsp3) is 0.0500. The van der Waals surface area contributed by atoms with E-state index in [2.05, 4.69) is 24.3 Å². The number of hydrogen-bond acceptors (Lipinski definition) is 1. The molecule has 0 N–H and O–H groups in total. The highest BCUT2D eigenvalue weighted by Gasteiger charge is 2.37. The Hall–Kier alpha value is -2.45. The molecule has 3 aromatic carbocycles. The molecule has 108 valence electrons. The molecule has 0 aliphatic rings. The zero-order chi connectivity index (χ0) is 15.4. The first-order valence-corrected chi connectivity index (χ1v) is 8.44. The molecular formula is C20H18OSi. The van der Waals surface area contributed by atoms with E-state index in [1.54, 1.807) is 0 Å². The molecule has 3 aromatic rings. The average molecular weight is 302 g/mol. The normalized spacial score (nSPS) is 11.3. The molecule has 0 atom stereocenters. The molecule has 0 bridgehead atoms. The molecule has 2 heteroatoms. The summed E-state index contributed by atoms with van der Waals surface area (Å²) in [6.07, 6.45) is 0. The van der Waals surface area contributed by atoms with E-state index in [9.17, 15) is 4.79 Å². The van der Waals surface area contributed by atoms with Crippen LogP contribution in [-0.4, -0.2) is 16.0 Å². The summed E-state index contributed by atoms with van der Waals surface area (Å²) < 4.78 is 0. The smallest absolute Gasteiger partial charge is 0.173 e. The number of carbonyl (C=O) groups excluding carboxylic acids is 1. The highest BCUT2D eigenvalue weighted by Crippen LogP contribution is 2.32. The van der Waals surface area contributed by atoms with E-state index < -0.39 is 5.04 Å². The van der Waals surface area contributed by atoms with Gasteiger partial charge in [0.15, 0.2) is 5.78 Å². The van der Waals surface area contributed by atoms with Crippen LogP contribution in [0.3, 0.4) is 0 Å². The van der Waals surface area contributed by atoms with Crippen LogP contribution in [0.15, 0.2) is 91.0 Å². The first-order chi connectivity index (χ1) is 10.7. The Morgan fingerprint density at radius 3 is 1.41 bits per heavy atom. The van der Waals surface area contributed by atoms with E-state index in [0.29, 0.717) is 10.2 Å². The molecule has 3 rings (SSSR count). The van der Waals surface area contributed by atoms with Crippen LogP contribution >= 0.6 is 0 Å². The van der Waals surface area contributed by atoms with E-state index in [-0.39, 0.29) is 5.78 Å². The fourth-order valence-corrected chi connectivity index (χ4v) is 3.81. The van der Waals surface area contributed by atoms with Crippen molar-refractivity contribution in [1.29, 1.82) is 0 Å². The van der Waals surface area contributed by atoms with Gasteiger partial charge in [0.25, 0.3) is 0 Å². The highest BCUT2D eigenvalue weighted by atomic mass is 28.1. The van der Waals surface area contributed by atoms with Crippen LogP contribution in [0.1, 0.15) is 21.5 Å². The second-order valence-corrected chi connectivity index (χ2v) is 7.05. The van der Waals surface area contributed by atoms with Crippen molar-refractivity contribution in [3.63, 3.8) is 0 Å². The Labute approximate surface area is 134 Å². The number of Topliss-reactive ketones (excluding diaryl/α,β-unsaturated/α-hetero) is 1. The van der Waals surface area contributed by atoms with Gasteiger partial charge in [0.1, 0.15) is 0 Å². The quantitative estimate of drug-likeness (QED) is 0.534. The molecule has 0 fully saturated rings. The first kappa shape index (κ1) is 14.5. The Balaban J connectivity index is 2.18. The lowest BCUT2D eigenvalue weighted by Gasteiger charge is -2.29. The lowest BCUT2D eigenvalue weighted by atomic mass is 9.83. The summed E-state index contributed by atoms with van der Waals surface area (Å²) >= 11 is 0. The van der Waals surface area contributed by atoms with Gasteiger partial charge in [-0.2, -0.15) is 0 Å². The summed E-state index contributed by atoms with van der Waals surface area (Å²) in [5.41, 5.74) is 2.91. The number of benzene rings is 3. The van der Waals surface area contributed by atoms with Crippen molar-refractivity contribution in [3.8, 4) is 0 Å². The van der Waals surface area contributed by atoms with E-state index in [1.807, 2.05) is 66.7 Å². The molecule has 0 spiro atoms. The summed E-state index contributed by atoms with van der Waals surface area (Å²) in [5.74, 6) is 0.178. The zero-order valence-corrected chi connectivity index (χ0v) is 14.6. The van der Waals surface area contributed by atoms with Crippen molar-refractivity contribution >= 4 is 16.0 Å². The Morgan fingerprint density at radius 2 is 1.00 bits per heavy atom. The molecule has 0 saturated heterocycles. The molecule has 22 heavy (non-hydrogen) atoms. The maximum atomic E-state index is 13.3. The summed E-state index contributed by atoms with van der Waals surface area (Å²) in [7, 11) is 0.713. The van der Waals surface area contributed by atoms with Gasteiger partial charge >= 0.3 is 0 Å². The maximum Gasteiger partial charge on any atom is 0.173 e. The van der Waals surface area contributed by atoms with Crippen LogP contribution in [0.5, 0.6) is 0 Å². The Kier molecular flexibility index (Phi) is 4.03. The van der Waals surface area contributed by atoms with Crippen molar-refractivity contribution in [3.05, 3.63) is 108 Å². The predicted octanol–water partition coefficient (Wildman–Crippen LogP) is 3.18. The van der Waals surface area contributed by atoms with Gasteiger partial charge in [0.2, 0.25) is 0 Å². The van der Waals surface area contributed by atoms with Crippen molar-refractivity contribution in [2.24, 2.45) is 0 Å². The third-order valence-corrected chi connectivity index (χ3v) is 5.80. The van der Waals surface area contributed by atoms with Crippen LogP contribution in [0.4, 0.5) is 0 Å². The van der Waals surface area contributed by atoms with Crippen molar-refractivity contribution < 1.29 is 4.79 Å². The van der Waals surface area contributed by atoms with Crippen LogP contribution in [0.2, 0.25) is 0 Å². The third kappa shape index (κ3) is 2.53. The lowest BCUT2D eigenvalue weighted by Crippen LogP contribution is -2.37. The van der Waals surface area contributed by atoms with Gasteiger partial charge in [-0.3, -0.25) is 4.79 Å². The van der Waals surface area contributed by atoms with Gasteiger partial charge in [-0.05, 0) is 11.1 Å². The average Bonchev–Trinajstić information content (AvgIpc) is 2.62. The second kappa shape index (κ2) is 6.12. The highest BCUT2D eigenvalue weighted by molar-refractivity contribution is 6.35. The number of hydrogen-bond donors (Lipinski definition) is 0. The Bertz CT molecular complexity index is 712. The van der Waals surface area contributed by atoms with Gasteiger partial charge < -0.3 is 0 Å². The summed E-state index contributed by atoms with van der Waals surface area (Å²) in [5, 5.41) is -0.552. The molecule has 0 radical (unpaired) electrons. The molecule has 0 aromatic heterocycles. The molecular weight excluding hydrogens is 284 g/mol. The van der Waals surface area contributed by atoms with Gasteiger partial charge in [-0.25, -0.2) is 0 Å². The van der Waals surface area contributed by atoms with Crippen molar-refractivity contribution in [2.45, 2.75) is 5.04 Å². The van der Waals surface area contributed by atoms with Crippen molar-refractivity contribution in [2.75, 3.05) is 0 Å². The van der Waals surface area contributed by atoms with Gasteiger partial charge in [0.05, 0.1) is 5.04 Å². The van der Waals surface area contributed by atoms with Gasteiger partial charge in [0, 0.05) is 15.8 Å². The van der Waals surface area contributed by atoms with E-state index in [4.69, 9.17) is 0 Å². The zero-order valence-electron chi connectivity index (χ0n) is 12.6. The number of rotatable bonds is 4. The van der Waals surface area contributed by atoms with Crippen LogP contribution in [-0.2, 0) is 5.04 Å². The minimum atomic E-state index is -0.552. The minimum absolute atomic E-state index is 0.178. The van der Waals surface area contributed by atoms with Crippen LogP contribution in [0.25, 0.3) is 0 Å². The van der Waals surface area contributed by atoms with E-state index >= 15 is 0 Å². The summed E-state index contributed by atoms with van der Waals surface area (Å²) in [4.78, 5) is 13.3. The molecule has 0 aliphatic heterocycles. The Morgan fingerprint density at radius 1 is 0.636 bits per heavy atom. The maximum absolute atomic E-state index is 13.3. The molecule has 0 unspecified atom stereocenters. The van der Waals surface area contributed by atoms with E-state index in [0.717, 1.165) is 16.7 Å². The summed E-state index contributed by atoms with van der Waals surface area (Å²) in [6.45, 7) is 0. The molecule has 1 nitrogen and oxygen atoms in total. The van der Waals surface area contributed by atoms with Gasteiger partial charge in [-0.15, -0.1) is 0 Å².